The lowest BCUT2D eigenvalue weighted by Gasteiger charge is -2.25. The molecule has 9 nitrogen and oxygen atoms in total. The van der Waals surface area contributed by atoms with Gasteiger partial charge in [0.15, 0.2) is 0 Å². The third kappa shape index (κ3) is 5.21. The van der Waals surface area contributed by atoms with Gasteiger partial charge in [0, 0.05) is 47.6 Å². The van der Waals surface area contributed by atoms with Gasteiger partial charge in [-0.25, -0.2) is 22.8 Å². The summed E-state index contributed by atoms with van der Waals surface area (Å²) in [7, 11) is -4.16. The van der Waals surface area contributed by atoms with E-state index in [4.69, 9.17) is 4.42 Å². The molecular formula is C25H21F4N5O4S. The number of hydrogen-bond donors (Lipinski definition) is 1. The van der Waals surface area contributed by atoms with Crippen molar-refractivity contribution in [2.24, 2.45) is 0 Å². The van der Waals surface area contributed by atoms with E-state index in [1.54, 1.807) is 31.2 Å². The summed E-state index contributed by atoms with van der Waals surface area (Å²) in [4.78, 5) is 23.5. The van der Waals surface area contributed by atoms with Crippen molar-refractivity contribution in [2.45, 2.75) is 49.7 Å². The first-order chi connectivity index (χ1) is 18.4. The molecule has 1 aliphatic heterocycles. The highest BCUT2D eigenvalue weighted by Crippen LogP contribution is 2.34. The lowest BCUT2D eigenvalue weighted by Crippen LogP contribution is -2.48. The van der Waals surface area contributed by atoms with Gasteiger partial charge >= 0.3 is 6.18 Å². The number of pyridine rings is 1. The number of nitrogens with one attached hydrogen (secondary N) is 1. The number of carbonyl (C=O) groups is 1. The number of benzene rings is 1. The number of rotatable bonds is 6. The molecule has 1 saturated heterocycles. The first kappa shape index (κ1) is 26.7. The summed E-state index contributed by atoms with van der Waals surface area (Å²) in [5.41, 5.74) is 0.596. The monoisotopic (exact) mass is 563 g/mol. The van der Waals surface area contributed by atoms with Crippen LogP contribution in [0, 0.1) is 5.82 Å². The number of alkyl halides is 3. The van der Waals surface area contributed by atoms with E-state index < -0.39 is 45.8 Å². The molecule has 2 atom stereocenters. The van der Waals surface area contributed by atoms with Crippen LogP contribution in [-0.4, -0.2) is 45.7 Å². The van der Waals surface area contributed by atoms with E-state index >= 15 is 0 Å². The maximum absolute atomic E-state index is 14.5. The molecule has 0 unspecified atom stereocenters. The minimum Gasteiger partial charge on any atom is -0.443 e. The summed E-state index contributed by atoms with van der Waals surface area (Å²) < 4.78 is 86.2. The molecular weight excluding hydrogens is 542 g/mol. The minimum absolute atomic E-state index is 0.00835. The smallest absolute Gasteiger partial charge is 0.443 e. The maximum atomic E-state index is 14.5. The fourth-order valence-corrected chi connectivity index (χ4v) is 6.28. The Morgan fingerprint density at radius 1 is 1.10 bits per heavy atom. The summed E-state index contributed by atoms with van der Waals surface area (Å²) in [6.45, 7) is 1.37. The molecule has 3 aromatic heterocycles. The van der Waals surface area contributed by atoms with Crippen LogP contribution in [0.1, 0.15) is 31.2 Å². The number of halogens is 4. The Bertz CT molecular complexity index is 1610. The second-order valence-electron chi connectivity index (χ2n) is 9.05. The van der Waals surface area contributed by atoms with Crippen LogP contribution in [0.3, 0.4) is 0 Å². The van der Waals surface area contributed by atoms with Gasteiger partial charge in [0.1, 0.15) is 17.4 Å². The first-order valence-electron chi connectivity index (χ1n) is 11.8. The number of para-hydroxylation sites is 1. The number of fused-ring (bicyclic) bond motifs is 1. The van der Waals surface area contributed by atoms with Crippen LogP contribution in [0.15, 0.2) is 64.5 Å². The molecule has 1 fully saturated rings. The summed E-state index contributed by atoms with van der Waals surface area (Å²) in [5, 5.41) is 2.89. The molecule has 0 bridgehead atoms. The van der Waals surface area contributed by atoms with Crippen LogP contribution in [0.25, 0.3) is 22.2 Å². The molecule has 5 rings (SSSR count). The van der Waals surface area contributed by atoms with Crippen molar-refractivity contribution in [1.82, 2.24) is 24.6 Å². The van der Waals surface area contributed by atoms with Gasteiger partial charge in [-0.2, -0.15) is 17.5 Å². The molecule has 14 heteroatoms. The Hall–Kier alpha value is -3.91. The van der Waals surface area contributed by atoms with E-state index in [1.165, 1.54) is 12.1 Å². The van der Waals surface area contributed by atoms with Crippen LogP contribution in [0.5, 0.6) is 0 Å². The van der Waals surface area contributed by atoms with E-state index in [1.807, 2.05) is 0 Å². The Morgan fingerprint density at radius 3 is 2.51 bits per heavy atom. The van der Waals surface area contributed by atoms with Crippen molar-refractivity contribution in [3.8, 4) is 11.3 Å². The maximum Gasteiger partial charge on any atom is 0.451 e. The van der Waals surface area contributed by atoms with Crippen LogP contribution < -0.4 is 5.32 Å². The molecule has 4 heterocycles. The number of furan rings is 1. The molecule has 1 aromatic carbocycles. The molecule has 0 aliphatic carbocycles. The van der Waals surface area contributed by atoms with Gasteiger partial charge < -0.3 is 9.73 Å². The molecule has 0 spiro atoms. The highest BCUT2D eigenvalue weighted by Gasteiger charge is 2.45. The van der Waals surface area contributed by atoms with Gasteiger partial charge in [-0.05, 0) is 31.9 Å². The van der Waals surface area contributed by atoms with Gasteiger partial charge in [-0.3, -0.25) is 9.78 Å². The largest absolute Gasteiger partial charge is 0.451 e. The van der Waals surface area contributed by atoms with Crippen molar-refractivity contribution in [3.63, 3.8) is 0 Å². The summed E-state index contributed by atoms with van der Waals surface area (Å²) in [5.74, 6) is -2.72. The number of nitrogens with zero attached hydrogens (tertiary/aromatic N) is 4. The fraction of sp³-hybridized carbons (Fsp3) is 0.280. The molecule has 1 amide bonds. The zero-order valence-corrected chi connectivity index (χ0v) is 21.1. The topological polar surface area (TPSA) is 118 Å². The second kappa shape index (κ2) is 10.0. The molecule has 0 radical (unpaired) electrons. The van der Waals surface area contributed by atoms with Crippen molar-refractivity contribution < 1.29 is 35.2 Å². The van der Waals surface area contributed by atoms with E-state index in [9.17, 15) is 30.8 Å². The lowest BCUT2D eigenvalue weighted by molar-refractivity contribution is -0.145. The van der Waals surface area contributed by atoms with Crippen LogP contribution in [-0.2, 0) is 27.5 Å². The number of hydrogen-bond acceptors (Lipinski definition) is 7. The van der Waals surface area contributed by atoms with Crippen molar-refractivity contribution in [2.75, 3.05) is 0 Å². The van der Waals surface area contributed by atoms with E-state index in [0.29, 0.717) is 17.4 Å². The van der Waals surface area contributed by atoms with E-state index in [2.05, 4.69) is 20.3 Å². The summed E-state index contributed by atoms with van der Waals surface area (Å²) >= 11 is 0. The minimum atomic E-state index is -4.71. The van der Waals surface area contributed by atoms with Gasteiger partial charge in [0.2, 0.25) is 16.8 Å². The van der Waals surface area contributed by atoms with Crippen LogP contribution in [0.2, 0.25) is 0 Å². The standard InChI is InChI=1S/C25H21F4N5O4S/c1-14-6-7-20(34(14)39(36,37)22-9-15-4-2-3-5-21(15)38-22)23(35)31-10-16-8-19(30-13-18(16)26)17-11-32-24(33-12-17)25(27,28)29/h2-5,8-9,11-14,20H,6-7,10H2,1H3,(H,31,35)/t14-,20-/m0/s1. The van der Waals surface area contributed by atoms with Crippen LogP contribution >= 0.6 is 0 Å². The quantitative estimate of drug-likeness (QED) is 0.348. The molecule has 4 aromatic rings. The number of carbonyl (C=O) groups excluding carboxylic acids is 1. The normalized spacial score (nSPS) is 18.5. The zero-order valence-electron chi connectivity index (χ0n) is 20.3. The Morgan fingerprint density at radius 2 is 1.82 bits per heavy atom. The average Bonchev–Trinajstić information content (AvgIpc) is 3.52. The van der Waals surface area contributed by atoms with Crippen molar-refractivity contribution >= 4 is 26.9 Å². The zero-order chi connectivity index (χ0) is 27.9. The third-order valence-electron chi connectivity index (χ3n) is 6.43. The summed E-state index contributed by atoms with van der Waals surface area (Å²) in [6.07, 6.45) is -1.34. The van der Waals surface area contributed by atoms with Crippen molar-refractivity contribution in [3.05, 3.63) is 72.2 Å². The number of amides is 1. The number of sulfonamides is 1. The Kier molecular flexibility index (Phi) is 6.84. The van der Waals surface area contributed by atoms with Gasteiger partial charge in [0.05, 0.1) is 11.9 Å². The van der Waals surface area contributed by atoms with E-state index in [-0.39, 0.29) is 34.9 Å². The van der Waals surface area contributed by atoms with Crippen molar-refractivity contribution in [1.29, 1.82) is 0 Å². The number of aromatic nitrogens is 3. The molecule has 1 aliphatic rings. The first-order valence-corrected chi connectivity index (χ1v) is 13.2. The highest BCUT2D eigenvalue weighted by atomic mass is 32.2. The van der Waals surface area contributed by atoms with Gasteiger partial charge in [0.25, 0.3) is 10.0 Å². The molecule has 39 heavy (non-hydrogen) atoms. The molecule has 1 N–H and O–H groups in total. The molecule has 204 valence electrons. The third-order valence-corrected chi connectivity index (χ3v) is 8.30. The Balaban J connectivity index is 1.33. The van der Waals surface area contributed by atoms with E-state index in [0.717, 1.165) is 22.9 Å². The average molecular weight is 564 g/mol. The highest BCUT2D eigenvalue weighted by molar-refractivity contribution is 7.89. The van der Waals surface area contributed by atoms with Crippen LogP contribution in [0.4, 0.5) is 17.6 Å². The lowest BCUT2D eigenvalue weighted by atomic mass is 10.1. The van der Waals surface area contributed by atoms with Gasteiger partial charge in [-0.1, -0.05) is 18.2 Å². The molecule has 0 saturated carbocycles. The fourth-order valence-electron chi connectivity index (χ4n) is 4.48. The van der Waals surface area contributed by atoms with Gasteiger partial charge in [-0.15, -0.1) is 0 Å². The summed E-state index contributed by atoms with van der Waals surface area (Å²) in [6, 6.07) is 7.94. The predicted octanol–water partition coefficient (Wildman–Crippen LogP) is 4.30. The predicted molar refractivity (Wildman–Crippen MR) is 130 cm³/mol. The second-order valence-corrected chi connectivity index (χ2v) is 10.8. The Labute approximate surface area is 219 Å². The SMILES string of the molecule is C[C@H]1CC[C@@H](C(=O)NCc2cc(-c3cnc(C(F)(F)F)nc3)ncc2F)N1S(=O)(=O)c1cc2ccccc2o1.